The fraction of sp³-hybridized carbons (Fsp3) is 0.524. The van der Waals surface area contributed by atoms with Gasteiger partial charge in [0, 0.05) is 30.3 Å². The highest BCUT2D eigenvalue weighted by Gasteiger charge is 2.18. The highest BCUT2D eigenvalue weighted by molar-refractivity contribution is 5.90. The maximum absolute atomic E-state index is 12.2. The van der Waals surface area contributed by atoms with E-state index in [-0.39, 0.29) is 5.91 Å². The minimum atomic E-state index is 0.0161. The Hall–Kier alpha value is -2.14. The predicted octanol–water partition coefficient (Wildman–Crippen LogP) is 4.24. The minimum absolute atomic E-state index is 0.0161. The number of anilines is 1. The first-order chi connectivity index (χ1) is 12.5. The van der Waals surface area contributed by atoms with Crippen LogP contribution in [-0.2, 0) is 17.8 Å². The van der Waals surface area contributed by atoms with Crippen molar-refractivity contribution in [2.24, 2.45) is 0 Å². The molecule has 0 radical (unpaired) electrons. The van der Waals surface area contributed by atoms with Crippen LogP contribution in [0.25, 0.3) is 0 Å². The van der Waals surface area contributed by atoms with Gasteiger partial charge in [0.05, 0.1) is 5.69 Å². The van der Waals surface area contributed by atoms with Gasteiger partial charge in [-0.3, -0.25) is 9.69 Å². The van der Waals surface area contributed by atoms with E-state index in [0.717, 1.165) is 29.2 Å². The Balaban J connectivity index is 1.49. The van der Waals surface area contributed by atoms with E-state index < -0.39 is 0 Å². The summed E-state index contributed by atoms with van der Waals surface area (Å²) in [5.74, 6) is 0.814. The Labute approximate surface area is 155 Å². The van der Waals surface area contributed by atoms with Crippen molar-refractivity contribution in [1.82, 2.24) is 10.1 Å². The number of benzene rings is 1. The number of likely N-dealkylation sites (tertiary alicyclic amines) is 1. The Bertz CT molecular complexity index is 717. The first kappa shape index (κ1) is 18.6. The van der Waals surface area contributed by atoms with Crippen molar-refractivity contribution in [1.29, 1.82) is 0 Å². The number of piperidine rings is 1. The van der Waals surface area contributed by atoms with Crippen molar-refractivity contribution in [3.05, 3.63) is 46.8 Å². The third-order valence-corrected chi connectivity index (χ3v) is 5.35. The largest absolute Gasteiger partial charge is 0.361 e. The molecule has 5 heteroatoms. The summed E-state index contributed by atoms with van der Waals surface area (Å²) in [6, 6.07) is 8.89. The summed E-state index contributed by atoms with van der Waals surface area (Å²) in [5, 5.41) is 6.91. The zero-order valence-electron chi connectivity index (χ0n) is 16.0. The van der Waals surface area contributed by atoms with Gasteiger partial charge >= 0.3 is 0 Å². The molecule has 0 saturated carbocycles. The molecular weight excluding hydrogens is 326 g/mol. The molecule has 1 aliphatic heterocycles. The Morgan fingerprint density at radius 1 is 1.27 bits per heavy atom. The van der Waals surface area contributed by atoms with Crippen LogP contribution in [-0.4, -0.2) is 28.6 Å². The molecule has 140 valence electrons. The summed E-state index contributed by atoms with van der Waals surface area (Å²) in [7, 11) is 0. The van der Waals surface area contributed by atoms with Crippen LogP contribution in [0.3, 0.4) is 0 Å². The van der Waals surface area contributed by atoms with E-state index in [9.17, 15) is 4.79 Å². The van der Waals surface area contributed by atoms with Gasteiger partial charge in [-0.05, 0) is 64.3 Å². The van der Waals surface area contributed by atoms with Crippen molar-refractivity contribution >= 4 is 11.6 Å². The molecule has 2 heterocycles. The standard InChI is InChI=1S/C21H29N3O2/c1-15-6-4-5-13-24(15)14-18-7-9-19(10-8-18)22-21(25)12-11-20-16(2)23-26-17(20)3/h7-10,15H,4-6,11-14H2,1-3H3,(H,22,25). The molecule has 3 rings (SSSR count). The Morgan fingerprint density at radius 3 is 2.69 bits per heavy atom. The van der Waals surface area contributed by atoms with Gasteiger partial charge in [0.1, 0.15) is 5.76 Å². The lowest BCUT2D eigenvalue weighted by molar-refractivity contribution is -0.116. The molecule has 1 aromatic heterocycles. The maximum Gasteiger partial charge on any atom is 0.224 e. The van der Waals surface area contributed by atoms with Crippen LogP contribution in [0, 0.1) is 13.8 Å². The van der Waals surface area contributed by atoms with Gasteiger partial charge < -0.3 is 9.84 Å². The number of nitrogens with zero attached hydrogens (tertiary/aromatic N) is 2. The van der Waals surface area contributed by atoms with Gasteiger partial charge in [0.25, 0.3) is 0 Å². The average molecular weight is 355 g/mol. The van der Waals surface area contributed by atoms with Gasteiger partial charge in [-0.25, -0.2) is 0 Å². The molecule has 1 amide bonds. The summed E-state index contributed by atoms with van der Waals surface area (Å²) in [6.45, 7) is 8.27. The van der Waals surface area contributed by atoms with E-state index >= 15 is 0 Å². The molecule has 1 fully saturated rings. The number of aryl methyl sites for hydroxylation is 2. The summed E-state index contributed by atoms with van der Waals surface area (Å²) in [5.41, 5.74) is 4.05. The van der Waals surface area contributed by atoms with Gasteiger partial charge in [-0.2, -0.15) is 0 Å². The van der Waals surface area contributed by atoms with E-state index in [1.54, 1.807) is 0 Å². The van der Waals surface area contributed by atoms with Crippen molar-refractivity contribution in [3.63, 3.8) is 0 Å². The number of carbonyl (C=O) groups excluding carboxylic acids is 1. The second kappa shape index (κ2) is 8.49. The molecule has 0 bridgehead atoms. The quantitative estimate of drug-likeness (QED) is 0.842. The predicted molar refractivity (Wildman–Crippen MR) is 103 cm³/mol. The molecule has 1 N–H and O–H groups in total. The Kier molecular flexibility index (Phi) is 6.09. The van der Waals surface area contributed by atoms with Crippen molar-refractivity contribution in [3.8, 4) is 0 Å². The third kappa shape index (κ3) is 4.73. The minimum Gasteiger partial charge on any atom is -0.361 e. The van der Waals surface area contributed by atoms with Gasteiger partial charge in [0.15, 0.2) is 0 Å². The van der Waals surface area contributed by atoms with Gasteiger partial charge in [-0.1, -0.05) is 23.7 Å². The summed E-state index contributed by atoms with van der Waals surface area (Å²) in [6.07, 6.45) is 5.01. The number of carbonyl (C=O) groups is 1. The molecule has 0 spiro atoms. The number of hydrogen-bond acceptors (Lipinski definition) is 4. The number of nitrogens with one attached hydrogen (secondary N) is 1. The third-order valence-electron chi connectivity index (χ3n) is 5.35. The van der Waals surface area contributed by atoms with E-state index in [0.29, 0.717) is 18.9 Å². The topological polar surface area (TPSA) is 58.4 Å². The van der Waals surface area contributed by atoms with E-state index in [1.165, 1.54) is 31.4 Å². The molecule has 5 nitrogen and oxygen atoms in total. The van der Waals surface area contributed by atoms with Crippen molar-refractivity contribution in [2.75, 3.05) is 11.9 Å². The van der Waals surface area contributed by atoms with Crippen LogP contribution in [0.5, 0.6) is 0 Å². The van der Waals surface area contributed by atoms with Crippen molar-refractivity contribution < 1.29 is 9.32 Å². The zero-order valence-corrected chi connectivity index (χ0v) is 16.0. The van der Waals surface area contributed by atoms with E-state index in [2.05, 4.69) is 34.4 Å². The number of hydrogen-bond donors (Lipinski definition) is 1. The first-order valence-corrected chi connectivity index (χ1v) is 9.57. The number of rotatable bonds is 6. The van der Waals surface area contributed by atoms with Crippen LogP contribution in [0.4, 0.5) is 5.69 Å². The molecule has 1 saturated heterocycles. The second-order valence-corrected chi connectivity index (χ2v) is 7.36. The lowest BCUT2D eigenvalue weighted by Crippen LogP contribution is -2.36. The second-order valence-electron chi connectivity index (χ2n) is 7.36. The highest BCUT2D eigenvalue weighted by atomic mass is 16.5. The molecule has 1 atom stereocenters. The summed E-state index contributed by atoms with van der Waals surface area (Å²) >= 11 is 0. The SMILES string of the molecule is Cc1noc(C)c1CCC(=O)Nc1ccc(CN2CCCCC2C)cc1. The van der Waals surface area contributed by atoms with Gasteiger partial charge in [-0.15, -0.1) is 0 Å². The molecule has 0 aliphatic carbocycles. The summed E-state index contributed by atoms with van der Waals surface area (Å²) in [4.78, 5) is 14.7. The molecule has 26 heavy (non-hydrogen) atoms. The van der Waals surface area contributed by atoms with Crippen LogP contribution < -0.4 is 5.32 Å². The maximum atomic E-state index is 12.2. The van der Waals surface area contributed by atoms with Crippen molar-refractivity contribution in [2.45, 2.75) is 65.5 Å². The highest BCUT2D eigenvalue weighted by Crippen LogP contribution is 2.20. The number of aromatic nitrogens is 1. The van der Waals surface area contributed by atoms with Gasteiger partial charge in [0.2, 0.25) is 5.91 Å². The van der Waals surface area contributed by atoms with E-state index in [4.69, 9.17) is 4.52 Å². The summed E-state index contributed by atoms with van der Waals surface area (Å²) < 4.78 is 5.14. The van der Waals surface area contributed by atoms with Crippen LogP contribution in [0.2, 0.25) is 0 Å². The Morgan fingerprint density at radius 2 is 2.04 bits per heavy atom. The average Bonchev–Trinajstić information content (AvgIpc) is 2.95. The first-order valence-electron chi connectivity index (χ1n) is 9.57. The molecule has 1 aromatic carbocycles. The smallest absolute Gasteiger partial charge is 0.224 e. The van der Waals surface area contributed by atoms with Crippen LogP contribution in [0.1, 0.15) is 55.2 Å². The fourth-order valence-corrected chi connectivity index (χ4v) is 3.64. The molecule has 1 unspecified atom stereocenters. The van der Waals surface area contributed by atoms with E-state index in [1.807, 2.05) is 26.0 Å². The molecular formula is C21H29N3O2. The molecule has 1 aliphatic rings. The normalized spacial score (nSPS) is 18.0. The lowest BCUT2D eigenvalue weighted by Gasteiger charge is -2.33. The monoisotopic (exact) mass is 355 g/mol. The number of amides is 1. The lowest BCUT2D eigenvalue weighted by atomic mass is 10.0. The fourth-order valence-electron chi connectivity index (χ4n) is 3.64. The zero-order chi connectivity index (χ0) is 18.5. The van der Waals surface area contributed by atoms with Crippen LogP contribution in [0.15, 0.2) is 28.8 Å². The van der Waals surface area contributed by atoms with Crippen LogP contribution >= 0.6 is 0 Å². The molecule has 2 aromatic rings.